The number of hydrogen-bond acceptors (Lipinski definition) is 6. The Kier molecular flexibility index (Phi) is 10.3. The van der Waals surface area contributed by atoms with Gasteiger partial charge in [-0.1, -0.05) is 24.3 Å². The lowest BCUT2D eigenvalue weighted by Gasteiger charge is -2.33. The molecule has 5 rings (SSSR count). The second-order valence-corrected chi connectivity index (χ2v) is 10.8. The fourth-order valence-electron chi connectivity index (χ4n) is 5.42. The predicted molar refractivity (Wildman–Crippen MR) is 170 cm³/mol. The Hall–Kier alpha value is -5.10. The fraction of sp³-hybridized carbons (Fsp3) is 0.257. The topological polar surface area (TPSA) is 89.3 Å². The van der Waals surface area contributed by atoms with E-state index in [1.54, 1.807) is 80.1 Å². The molecule has 5 aromatic rings. The number of hydrogen-bond donors (Lipinski definition) is 1. The van der Waals surface area contributed by atoms with Crippen LogP contribution in [0.25, 0.3) is 16.6 Å². The van der Waals surface area contributed by atoms with Crippen molar-refractivity contribution in [3.05, 3.63) is 130 Å². The van der Waals surface area contributed by atoms with Crippen LogP contribution in [0.3, 0.4) is 0 Å². The third-order valence-corrected chi connectivity index (χ3v) is 7.64. The van der Waals surface area contributed by atoms with E-state index < -0.39 is 35.9 Å². The lowest BCUT2D eigenvalue weighted by molar-refractivity contribution is -0.140. The van der Waals surface area contributed by atoms with Crippen molar-refractivity contribution < 1.29 is 27.1 Å². The number of rotatable bonds is 12. The summed E-state index contributed by atoms with van der Waals surface area (Å²) in [6.07, 6.45) is -1.77. The van der Waals surface area contributed by atoms with E-state index in [0.29, 0.717) is 53.5 Å². The first-order valence-electron chi connectivity index (χ1n) is 15.0. The van der Waals surface area contributed by atoms with E-state index in [1.165, 1.54) is 9.47 Å². The number of amides is 1. The highest BCUT2D eigenvalue weighted by atomic mass is 19.4. The molecule has 1 atom stereocenters. The van der Waals surface area contributed by atoms with Crippen LogP contribution in [-0.4, -0.2) is 45.5 Å². The molecular formula is C35H33F4N5O3. The third kappa shape index (κ3) is 7.66. The van der Waals surface area contributed by atoms with Gasteiger partial charge >= 0.3 is 6.18 Å². The Morgan fingerprint density at radius 3 is 2.45 bits per heavy atom. The molecule has 0 fully saturated rings. The number of para-hydroxylation sites is 1. The van der Waals surface area contributed by atoms with Crippen molar-refractivity contribution in [2.24, 2.45) is 0 Å². The lowest BCUT2D eigenvalue weighted by atomic mass is 10.0. The van der Waals surface area contributed by atoms with Gasteiger partial charge in [0.25, 0.3) is 5.56 Å². The number of carbonyl (C=O) groups is 1. The van der Waals surface area contributed by atoms with E-state index in [-0.39, 0.29) is 23.5 Å². The van der Waals surface area contributed by atoms with E-state index in [4.69, 9.17) is 9.72 Å². The molecule has 0 bridgehead atoms. The van der Waals surface area contributed by atoms with E-state index in [1.807, 2.05) is 6.92 Å². The van der Waals surface area contributed by atoms with Gasteiger partial charge < -0.3 is 15.0 Å². The molecule has 0 aliphatic heterocycles. The maximum Gasteiger partial charge on any atom is 0.419 e. The van der Waals surface area contributed by atoms with Crippen LogP contribution < -0.4 is 15.6 Å². The normalized spacial score (nSPS) is 12.2. The highest BCUT2D eigenvalue weighted by Crippen LogP contribution is 2.33. The molecule has 8 nitrogen and oxygen atoms in total. The van der Waals surface area contributed by atoms with Crippen molar-refractivity contribution in [2.75, 3.05) is 20.2 Å². The fourth-order valence-corrected chi connectivity index (χ4v) is 5.42. The number of fused-ring (bicyclic) bond motifs is 1. The zero-order valence-electron chi connectivity index (χ0n) is 25.8. The highest BCUT2D eigenvalue weighted by Gasteiger charge is 2.35. The molecule has 0 saturated heterocycles. The Balaban J connectivity index is 1.67. The minimum absolute atomic E-state index is 0.0378. The Morgan fingerprint density at radius 1 is 1.02 bits per heavy atom. The number of nitrogens with one attached hydrogen (secondary N) is 1. The van der Waals surface area contributed by atoms with E-state index in [0.717, 1.165) is 12.1 Å². The van der Waals surface area contributed by atoms with Crippen LogP contribution in [0.5, 0.6) is 5.75 Å². The number of halogens is 4. The van der Waals surface area contributed by atoms with Crippen molar-refractivity contribution in [2.45, 2.75) is 38.5 Å². The molecule has 0 aliphatic carbocycles. The molecule has 1 unspecified atom stereocenters. The molecule has 0 radical (unpaired) electrons. The summed E-state index contributed by atoms with van der Waals surface area (Å²) in [7, 11) is 1.75. The zero-order chi connectivity index (χ0) is 33.6. The van der Waals surface area contributed by atoms with Crippen LogP contribution in [0.1, 0.15) is 41.9 Å². The van der Waals surface area contributed by atoms with Crippen molar-refractivity contribution in [3.8, 4) is 11.4 Å². The molecule has 47 heavy (non-hydrogen) atoms. The minimum atomic E-state index is -4.87. The molecule has 0 spiro atoms. The third-order valence-electron chi connectivity index (χ3n) is 7.64. The van der Waals surface area contributed by atoms with Crippen LogP contribution in [0.15, 0.2) is 96.1 Å². The summed E-state index contributed by atoms with van der Waals surface area (Å²) >= 11 is 0. The number of benzene rings is 3. The molecule has 12 heteroatoms. The van der Waals surface area contributed by atoms with Gasteiger partial charge in [0.05, 0.1) is 41.2 Å². The van der Waals surface area contributed by atoms with E-state index in [2.05, 4.69) is 10.3 Å². The molecule has 0 saturated carbocycles. The summed E-state index contributed by atoms with van der Waals surface area (Å²) in [5.41, 5.74) is -0.0816. The Bertz CT molecular complexity index is 1900. The van der Waals surface area contributed by atoms with Gasteiger partial charge in [-0.3, -0.25) is 19.1 Å². The zero-order valence-corrected chi connectivity index (χ0v) is 25.8. The second-order valence-electron chi connectivity index (χ2n) is 10.8. The van der Waals surface area contributed by atoms with Crippen molar-refractivity contribution in [1.29, 1.82) is 0 Å². The van der Waals surface area contributed by atoms with Crippen molar-refractivity contribution >= 4 is 16.8 Å². The van der Waals surface area contributed by atoms with Gasteiger partial charge in [0.2, 0.25) is 5.91 Å². The Morgan fingerprint density at radius 2 is 1.79 bits per heavy atom. The number of aromatic nitrogens is 3. The molecule has 2 heterocycles. The summed E-state index contributed by atoms with van der Waals surface area (Å²) in [4.78, 5) is 39.0. The first-order valence-corrected chi connectivity index (χ1v) is 15.0. The SMILES string of the molecule is CCOc1ccc(-n2c(C(CCNC)N(Cc3cccnc3)C(=O)Cc3ccc(C(F)(F)F)c(F)c3)nc3ccccc3c2=O)cc1. The van der Waals surface area contributed by atoms with Gasteiger partial charge in [-0.25, -0.2) is 9.37 Å². The lowest BCUT2D eigenvalue weighted by Crippen LogP contribution is -2.40. The quantitative estimate of drug-likeness (QED) is 0.161. The first kappa shape index (κ1) is 33.3. The predicted octanol–water partition coefficient (Wildman–Crippen LogP) is 6.26. The summed E-state index contributed by atoms with van der Waals surface area (Å²) in [5, 5.41) is 3.48. The summed E-state index contributed by atoms with van der Waals surface area (Å²) in [6, 6.07) is 19.0. The van der Waals surface area contributed by atoms with Gasteiger partial charge in [0.1, 0.15) is 17.4 Å². The van der Waals surface area contributed by atoms with E-state index in [9.17, 15) is 27.2 Å². The smallest absolute Gasteiger partial charge is 0.419 e. The number of carbonyl (C=O) groups excluding carboxylic acids is 1. The highest BCUT2D eigenvalue weighted by molar-refractivity contribution is 5.80. The number of nitrogens with zero attached hydrogens (tertiary/aromatic N) is 4. The maximum atomic E-state index is 14.5. The molecule has 244 valence electrons. The minimum Gasteiger partial charge on any atom is -0.494 e. The number of ether oxygens (including phenoxy) is 1. The van der Waals surface area contributed by atoms with Crippen molar-refractivity contribution in [1.82, 2.24) is 24.8 Å². The Labute approximate surface area is 268 Å². The second kappa shape index (κ2) is 14.5. The van der Waals surface area contributed by atoms with Gasteiger partial charge in [-0.2, -0.15) is 13.2 Å². The number of pyridine rings is 1. The molecule has 3 aromatic carbocycles. The molecule has 1 amide bonds. The van der Waals surface area contributed by atoms with Crippen LogP contribution in [0.2, 0.25) is 0 Å². The van der Waals surface area contributed by atoms with Crippen LogP contribution in [0.4, 0.5) is 17.6 Å². The van der Waals surface area contributed by atoms with Crippen LogP contribution in [0, 0.1) is 5.82 Å². The molecule has 2 aromatic heterocycles. The van der Waals surface area contributed by atoms with Gasteiger partial charge in [-0.15, -0.1) is 0 Å². The molecular weight excluding hydrogens is 614 g/mol. The monoisotopic (exact) mass is 647 g/mol. The van der Waals surface area contributed by atoms with Crippen molar-refractivity contribution in [3.63, 3.8) is 0 Å². The average molecular weight is 648 g/mol. The summed E-state index contributed by atoms with van der Waals surface area (Å²) in [6.45, 7) is 2.78. The maximum absolute atomic E-state index is 14.5. The van der Waals surface area contributed by atoms with Crippen LogP contribution >= 0.6 is 0 Å². The molecule has 1 N–H and O–H groups in total. The molecule has 0 aliphatic rings. The average Bonchev–Trinajstić information content (AvgIpc) is 3.05. The summed E-state index contributed by atoms with van der Waals surface area (Å²) < 4.78 is 61.3. The van der Waals surface area contributed by atoms with Crippen LogP contribution in [-0.2, 0) is 23.9 Å². The van der Waals surface area contributed by atoms with Gasteiger partial charge in [0.15, 0.2) is 0 Å². The van der Waals surface area contributed by atoms with Gasteiger partial charge in [0, 0.05) is 18.9 Å². The number of alkyl halides is 3. The van der Waals surface area contributed by atoms with E-state index >= 15 is 0 Å². The first-order chi connectivity index (χ1) is 22.6. The van der Waals surface area contributed by atoms with Gasteiger partial charge in [-0.05, 0) is 92.7 Å². The summed E-state index contributed by atoms with van der Waals surface area (Å²) in [5.74, 6) is -1.07. The standard InChI is InChI=1S/C35H33F4N5O3/c1-3-47-26-13-11-25(12-14-26)44-33(42-30-9-5-4-8-27(30)34(44)46)31(16-18-40-2)43(22-24-7-6-17-41-21-24)32(45)20-23-10-15-28(29(36)19-23)35(37,38)39/h4-15,17,19,21,31,40H,3,16,18,20,22H2,1-2H3. The largest absolute Gasteiger partial charge is 0.494 e.